The van der Waals surface area contributed by atoms with Gasteiger partial charge in [0.1, 0.15) is 11.5 Å². The molecule has 1 atom stereocenters. The molecule has 1 saturated heterocycles. The molecule has 2 aliphatic rings. The Balaban J connectivity index is 0.00000208. The molecular weight excluding hydrogens is 328 g/mol. The maximum absolute atomic E-state index is 13.0. The molecule has 1 heterocycles. The zero-order valence-corrected chi connectivity index (χ0v) is 15.2. The van der Waals surface area contributed by atoms with Gasteiger partial charge in [0.05, 0.1) is 20.1 Å². The summed E-state index contributed by atoms with van der Waals surface area (Å²) in [6, 6.07) is 6.16. The maximum Gasteiger partial charge on any atom is 0.227 e. The zero-order valence-electron chi connectivity index (χ0n) is 14.4. The molecule has 1 aromatic carbocycles. The number of nitrogens with zero attached hydrogens (tertiary/aromatic N) is 1. The van der Waals surface area contributed by atoms with Gasteiger partial charge in [-0.2, -0.15) is 0 Å². The quantitative estimate of drug-likeness (QED) is 0.853. The van der Waals surface area contributed by atoms with Crippen molar-refractivity contribution in [3.8, 4) is 11.5 Å². The Labute approximate surface area is 150 Å². The molecule has 1 amide bonds. The van der Waals surface area contributed by atoms with Crippen molar-refractivity contribution in [2.24, 2.45) is 5.92 Å². The van der Waals surface area contributed by atoms with Crippen LogP contribution in [0.15, 0.2) is 18.2 Å². The number of nitrogens with one attached hydrogen (secondary N) is 1. The van der Waals surface area contributed by atoms with Gasteiger partial charge in [0.15, 0.2) is 0 Å². The van der Waals surface area contributed by atoms with Crippen molar-refractivity contribution in [2.45, 2.75) is 38.3 Å². The SMILES string of the molecule is COc1ccc(OC)c(CN(C(=O)C2CCCNC2)C2CC2)c1.Cl. The number of hydrogen-bond donors (Lipinski definition) is 1. The fraction of sp³-hybridized carbons (Fsp3) is 0.611. The Bertz CT molecular complexity index is 557. The lowest BCUT2D eigenvalue weighted by Crippen LogP contribution is -2.43. The third-order valence-electron chi connectivity index (χ3n) is 4.75. The first kappa shape index (κ1) is 18.9. The van der Waals surface area contributed by atoms with Crippen LogP contribution in [0.4, 0.5) is 0 Å². The lowest BCUT2D eigenvalue weighted by atomic mass is 9.97. The summed E-state index contributed by atoms with van der Waals surface area (Å²) in [6.07, 6.45) is 4.29. The molecule has 2 fully saturated rings. The Morgan fingerprint density at radius 2 is 2.04 bits per heavy atom. The summed E-state index contributed by atoms with van der Waals surface area (Å²) < 4.78 is 10.8. The number of amides is 1. The van der Waals surface area contributed by atoms with E-state index in [0.29, 0.717) is 12.6 Å². The number of piperidine rings is 1. The van der Waals surface area contributed by atoms with Crippen molar-refractivity contribution in [1.82, 2.24) is 10.2 Å². The number of benzene rings is 1. The van der Waals surface area contributed by atoms with Crippen LogP contribution in [-0.4, -0.2) is 44.2 Å². The number of methoxy groups -OCH3 is 2. The third kappa shape index (κ3) is 4.33. The van der Waals surface area contributed by atoms with Crippen molar-refractivity contribution in [3.63, 3.8) is 0 Å². The monoisotopic (exact) mass is 354 g/mol. The highest BCUT2D eigenvalue weighted by molar-refractivity contribution is 5.85. The van der Waals surface area contributed by atoms with Crippen molar-refractivity contribution >= 4 is 18.3 Å². The summed E-state index contributed by atoms with van der Waals surface area (Å²) in [5, 5.41) is 3.34. The average molecular weight is 355 g/mol. The number of rotatable bonds is 6. The van der Waals surface area contributed by atoms with E-state index in [-0.39, 0.29) is 24.2 Å². The Morgan fingerprint density at radius 1 is 1.25 bits per heavy atom. The first-order chi connectivity index (χ1) is 11.2. The van der Waals surface area contributed by atoms with E-state index in [4.69, 9.17) is 9.47 Å². The Morgan fingerprint density at radius 3 is 2.62 bits per heavy atom. The maximum atomic E-state index is 13.0. The van der Waals surface area contributed by atoms with Gasteiger partial charge >= 0.3 is 0 Å². The molecule has 0 spiro atoms. The molecule has 134 valence electrons. The molecule has 6 heteroatoms. The molecule has 1 aliphatic heterocycles. The van der Waals surface area contributed by atoms with E-state index in [1.165, 1.54) is 0 Å². The first-order valence-electron chi connectivity index (χ1n) is 8.45. The van der Waals surface area contributed by atoms with E-state index in [9.17, 15) is 4.79 Å². The van der Waals surface area contributed by atoms with E-state index < -0.39 is 0 Å². The van der Waals surface area contributed by atoms with Crippen molar-refractivity contribution < 1.29 is 14.3 Å². The van der Waals surface area contributed by atoms with Crippen LogP contribution >= 0.6 is 12.4 Å². The summed E-state index contributed by atoms with van der Waals surface area (Å²) in [4.78, 5) is 15.0. The van der Waals surface area contributed by atoms with Gasteiger partial charge in [0.25, 0.3) is 0 Å². The minimum atomic E-state index is 0. The third-order valence-corrected chi connectivity index (χ3v) is 4.75. The van der Waals surface area contributed by atoms with Crippen LogP contribution in [-0.2, 0) is 11.3 Å². The average Bonchev–Trinajstić information content (AvgIpc) is 3.44. The second-order valence-electron chi connectivity index (χ2n) is 6.42. The van der Waals surface area contributed by atoms with E-state index in [0.717, 1.165) is 55.8 Å². The molecule has 5 nitrogen and oxygen atoms in total. The second kappa shape index (κ2) is 8.58. The molecule has 24 heavy (non-hydrogen) atoms. The molecule has 1 aromatic rings. The highest BCUT2D eigenvalue weighted by atomic mass is 35.5. The van der Waals surface area contributed by atoms with Crippen LogP contribution in [0.2, 0.25) is 0 Å². The van der Waals surface area contributed by atoms with Gasteiger partial charge in [-0.25, -0.2) is 0 Å². The fourth-order valence-electron chi connectivity index (χ4n) is 3.26. The minimum Gasteiger partial charge on any atom is -0.497 e. The summed E-state index contributed by atoms with van der Waals surface area (Å²) in [6.45, 7) is 2.43. The fourth-order valence-corrected chi connectivity index (χ4v) is 3.26. The summed E-state index contributed by atoms with van der Waals surface area (Å²) in [7, 11) is 3.32. The van der Waals surface area contributed by atoms with Crippen molar-refractivity contribution in [1.29, 1.82) is 0 Å². The minimum absolute atomic E-state index is 0. The van der Waals surface area contributed by atoms with Crippen LogP contribution in [0.5, 0.6) is 11.5 Å². The molecule has 1 saturated carbocycles. The Kier molecular flexibility index (Phi) is 6.75. The highest BCUT2D eigenvalue weighted by Gasteiger charge is 2.36. The molecule has 0 aromatic heterocycles. The molecule has 0 bridgehead atoms. The number of halogens is 1. The number of ether oxygens (including phenoxy) is 2. The van der Waals surface area contributed by atoms with Crippen molar-refractivity contribution in [2.75, 3.05) is 27.3 Å². The first-order valence-corrected chi connectivity index (χ1v) is 8.45. The van der Waals surface area contributed by atoms with Crippen LogP contribution in [0.3, 0.4) is 0 Å². The van der Waals surface area contributed by atoms with Crippen LogP contribution < -0.4 is 14.8 Å². The van der Waals surface area contributed by atoms with Gasteiger partial charge < -0.3 is 19.7 Å². The highest BCUT2D eigenvalue weighted by Crippen LogP contribution is 2.33. The van der Waals surface area contributed by atoms with E-state index in [2.05, 4.69) is 10.2 Å². The van der Waals surface area contributed by atoms with Crippen LogP contribution in [0.1, 0.15) is 31.2 Å². The van der Waals surface area contributed by atoms with E-state index in [1.54, 1.807) is 14.2 Å². The molecule has 1 aliphatic carbocycles. The standard InChI is InChI=1S/C18H26N2O3.ClH/c1-22-16-7-8-17(23-2)14(10-16)12-20(15-5-6-15)18(21)13-4-3-9-19-11-13;/h7-8,10,13,15,19H,3-6,9,11-12H2,1-2H3;1H. The molecule has 1 unspecified atom stereocenters. The normalized spacial score (nSPS) is 20.0. The summed E-state index contributed by atoms with van der Waals surface area (Å²) in [5.74, 6) is 2.00. The molecule has 0 radical (unpaired) electrons. The Hall–Kier alpha value is -1.46. The topological polar surface area (TPSA) is 50.8 Å². The predicted octanol–water partition coefficient (Wildman–Crippen LogP) is 2.62. The summed E-state index contributed by atoms with van der Waals surface area (Å²) in [5.41, 5.74) is 1.01. The zero-order chi connectivity index (χ0) is 16.2. The number of carbonyl (C=O) groups excluding carboxylic acids is 1. The van der Waals surface area contributed by atoms with Gasteiger partial charge in [-0.15, -0.1) is 12.4 Å². The molecule has 3 rings (SSSR count). The molecule has 1 N–H and O–H groups in total. The summed E-state index contributed by atoms with van der Waals surface area (Å²) >= 11 is 0. The van der Waals surface area contributed by atoms with Gasteiger partial charge in [0.2, 0.25) is 5.91 Å². The largest absolute Gasteiger partial charge is 0.497 e. The lowest BCUT2D eigenvalue weighted by Gasteiger charge is -2.30. The second-order valence-corrected chi connectivity index (χ2v) is 6.42. The van der Waals surface area contributed by atoms with Gasteiger partial charge in [-0.3, -0.25) is 4.79 Å². The van der Waals surface area contributed by atoms with Gasteiger partial charge in [-0.1, -0.05) is 0 Å². The molecular formula is C18H27ClN2O3. The van der Waals surface area contributed by atoms with Crippen LogP contribution in [0, 0.1) is 5.92 Å². The van der Waals surface area contributed by atoms with E-state index >= 15 is 0 Å². The van der Waals surface area contributed by atoms with Crippen LogP contribution in [0.25, 0.3) is 0 Å². The van der Waals surface area contributed by atoms with Gasteiger partial charge in [-0.05, 0) is 50.4 Å². The van der Waals surface area contributed by atoms with Gasteiger partial charge in [0, 0.05) is 24.7 Å². The number of hydrogen-bond acceptors (Lipinski definition) is 4. The van der Waals surface area contributed by atoms with E-state index in [1.807, 2.05) is 18.2 Å². The smallest absolute Gasteiger partial charge is 0.227 e. The lowest BCUT2D eigenvalue weighted by molar-refractivity contribution is -0.137. The van der Waals surface area contributed by atoms with Crippen molar-refractivity contribution in [3.05, 3.63) is 23.8 Å². The number of carbonyl (C=O) groups is 1. The predicted molar refractivity (Wildman–Crippen MR) is 96.0 cm³/mol.